The fraction of sp³-hybridized carbons (Fsp3) is 0.480. The molecule has 32 heavy (non-hydrogen) atoms. The molecule has 1 N–H and O–H groups in total. The summed E-state index contributed by atoms with van der Waals surface area (Å²) in [5.41, 5.74) is 3.61. The molecular formula is C25H28O7. The van der Waals surface area contributed by atoms with Gasteiger partial charge in [-0.05, 0) is 45.7 Å². The maximum atomic E-state index is 13.6. The third kappa shape index (κ3) is 2.87. The van der Waals surface area contributed by atoms with Crippen LogP contribution in [0.3, 0.4) is 0 Å². The molecule has 5 atom stereocenters. The number of allylic oxidation sites excluding steroid dienone is 2. The van der Waals surface area contributed by atoms with E-state index in [0.29, 0.717) is 28.9 Å². The Morgan fingerprint density at radius 3 is 2.31 bits per heavy atom. The van der Waals surface area contributed by atoms with Crippen LogP contribution in [-0.2, 0) is 23.9 Å². The quantitative estimate of drug-likeness (QED) is 0.560. The Morgan fingerprint density at radius 1 is 1.03 bits per heavy atom. The normalized spacial score (nSPS) is 26.3. The molecule has 7 nitrogen and oxygen atoms in total. The number of carbonyl (C=O) groups excluding carboxylic acids is 3. The first kappa shape index (κ1) is 22.3. The van der Waals surface area contributed by atoms with Gasteiger partial charge in [-0.15, -0.1) is 0 Å². The van der Waals surface area contributed by atoms with Gasteiger partial charge in [0.05, 0.1) is 11.7 Å². The van der Waals surface area contributed by atoms with Crippen molar-refractivity contribution in [3.05, 3.63) is 44.7 Å². The summed E-state index contributed by atoms with van der Waals surface area (Å²) >= 11 is 0. The number of rotatable bonds is 4. The zero-order valence-corrected chi connectivity index (χ0v) is 19.4. The molecule has 2 heterocycles. The maximum Gasteiger partial charge on any atom is 0.293 e. The van der Waals surface area contributed by atoms with E-state index < -0.39 is 23.9 Å². The van der Waals surface area contributed by atoms with Gasteiger partial charge in [-0.2, -0.15) is 0 Å². The van der Waals surface area contributed by atoms with Gasteiger partial charge in [0, 0.05) is 34.1 Å². The van der Waals surface area contributed by atoms with Crippen molar-refractivity contribution in [2.75, 3.05) is 0 Å². The van der Waals surface area contributed by atoms with Crippen molar-refractivity contribution in [2.24, 2.45) is 5.92 Å². The summed E-state index contributed by atoms with van der Waals surface area (Å²) in [6.45, 7) is 12.9. The molecule has 1 aromatic rings. The average molecular weight is 440 g/mol. The number of aromatic hydroxyl groups is 1. The monoisotopic (exact) mass is 440 g/mol. The number of benzene rings is 1. The SMILES string of the molecule is CC1=C([C@H](C)[C@@H](C)OC=O)C(=O)C2=C(C1=O)[C@@H]1O[C@H](C)[C@@H](C)c3c(C)c(O)c(C)c(c31)O2. The van der Waals surface area contributed by atoms with Crippen LogP contribution in [0.2, 0.25) is 0 Å². The van der Waals surface area contributed by atoms with Crippen LogP contribution >= 0.6 is 0 Å². The van der Waals surface area contributed by atoms with Crippen molar-refractivity contribution in [3.63, 3.8) is 0 Å². The standard InChI is InChI=1S/C25H28O7/c1-9(14(6)30-8-26)17-12(4)21(28)19-24-18-16(10(2)15(7)31-24)11(3)20(27)13(5)23(18)32-25(19)22(17)29/h8-10,14-15,24,27H,1-7H3/t9-,10-,14-,15-,24-/m1/s1. The lowest BCUT2D eigenvalue weighted by molar-refractivity contribution is -0.135. The van der Waals surface area contributed by atoms with E-state index in [0.717, 1.165) is 11.1 Å². The third-order valence-corrected chi connectivity index (χ3v) is 7.34. The first-order valence-electron chi connectivity index (χ1n) is 10.8. The number of ketones is 2. The molecule has 3 aliphatic rings. The number of ether oxygens (including phenoxy) is 3. The lowest BCUT2D eigenvalue weighted by atomic mass is 9.74. The molecular weight excluding hydrogens is 412 g/mol. The first-order chi connectivity index (χ1) is 15.0. The smallest absolute Gasteiger partial charge is 0.293 e. The molecule has 2 aliphatic heterocycles. The Bertz CT molecular complexity index is 1120. The largest absolute Gasteiger partial charge is 0.507 e. The van der Waals surface area contributed by atoms with Gasteiger partial charge in [0.2, 0.25) is 5.78 Å². The summed E-state index contributed by atoms with van der Waals surface area (Å²) in [6.07, 6.45) is -1.58. The van der Waals surface area contributed by atoms with E-state index in [1.54, 1.807) is 27.7 Å². The zero-order valence-electron chi connectivity index (χ0n) is 19.4. The van der Waals surface area contributed by atoms with Crippen LogP contribution in [0.15, 0.2) is 22.5 Å². The Kier molecular flexibility index (Phi) is 5.28. The molecule has 7 heteroatoms. The molecule has 0 saturated carbocycles. The molecule has 0 fully saturated rings. The van der Waals surface area contributed by atoms with Crippen LogP contribution in [0.4, 0.5) is 0 Å². The molecule has 1 aliphatic carbocycles. The van der Waals surface area contributed by atoms with Crippen molar-refractivity contribution in [1.82, 2.24) is 0 Å². The highest BCUT2D eigenvalue weighted by atomic mass is 16.5. The molecule has 0 spiro atoms. The summed E-state index contributed by atoms with van der Waals surface area (Å²) < 4.78 is 17.4. The van der Waals surface area contributed by atoms with Crippen LogP contribution in [0.1, 0.15) is 68.9 Å². The van der Waals surface area contributed by atoms with Gasteiger partial charge in [0.1, 0.15) is 23.7 Å². The van der Waals surface area contributed by atoms with E-state index in [1.807, 2.05) is 20.8 Å². The number of hydrogen-bond acceptors (Lipinski definition) is 7. The minimum atomic E-state index is -0.750. The van der Waals surface area contributed by atoms with E-state index in [-0.39, 0.29) is 40.5 Å². The highest BCUT2D eigenvalue weighted by Crippen LogP contribution is 2.55. The van der Waals surface area contributed by atoms with Crippen molar-refractivity contribution in [1.29, 1.82) is 0 Å². The second-order valence-electron chi connectivity index (χ2n) is 9.03. The van der Waals surface area contributed by atoms with Crippen LogP contribution in [0.25, 0.3) is 0 Å². The van der Waals surface area contributed by atoms with Crippen LogP contribution in [-0.4, -0.2) is 35.4 Å². The topological polar surface area (TPSA) is 99.1 Å². The van der Waals surface area contributed by atoms with Crippen molar-refractivity contribution < 1.29 is 33.7 Å². The highest BCUT2D eigenvalue weighted by Gasteiger charge is 2.49. The van der Waals surface area contributed by atoms with Crippen LogP contribution in [0, 0.1) is 19.8 Å². The minimum Gasteiger partial charge on any atom is -0.507 e. The van der Waals surface area contributed by atoms with E-state index in [4.69, 9.17) is 14.2 Å². The Balaban J connectivity index is 1.91. The van der Waals surface area contributed by atoms with Gasteiger partial charge in [-0.25, -0.2) is 0 Å². The van der Waals surface area contributed by atoms with Gasteiger partial charge in [0.25, 0.3) is 6.47 Å². The Morgan fingerprint density at radius 2 is 1.69 bits per heavy atom. The third-order valence-electron chi connectivity index (χ3n) is 7.34. The molecule has 1 aromatic carbocycles. The van der Waals surface area contributed by atoms with Crippen LogP contribution < -0.4 is 4.74 Å². The predicted octanol–water partition coefficient (Wildman–Crippen LogP) is 3.88. The summed E-state index contributed by atoms with van der Waals surface area (Å²) in [6, 6.07) is 0. The van der Waals surface area contributed by atoms with E-state index in [2.05, 4.69) is 0 Å². The Hall–Kier alpha value is -2.93. The molecule has 0 saturated heterocycles. The average Bonchev–Trinajstić information content (AvgIpc) is 2.75. The summed E-state index contributed by atoms with van der Waals surface area (Å²) in [5, 5.41) is 10.8. The molecule has 0 unspecified atom stereocenters. The summed E-state index contributed by atoms with van der Waals surface area (Å²) in [7, 11) is 0. The number of fused-ring (bicyclic) bond motifs is 1. The fourth-order valence-electron chi connectivity index (χ4n) is 5.14. The van der Waals surface area contributed by atoms with Gasteiger partial charge >= 0.3 is 0 Å². The number of hydrogen-bond donors (Lipinski definition) is 1. The van der Waals surface area contributed by atoms with Gasteiger partial charge in [-0.3, -0.25) is 14.4 Å². The zero-order chi connectivity index (χ0) is 23.6. The molecule has 0 amide bonds. The van der Waals surface area contributed by atoms with Crippen LogP contribution in [0.5, 0.6) is 11.5 Å². The van der Waals surface area contributed by atoms with E-state index in [9.17, 15) is 19.5 Å². The van der Waals surface area contributed by atoms with Crippen molar-refractivity contribution in [3.8, 4) is 11.5 Å². The number of phenols is 1. The van der Waals surface area contributed by atoms with Crippen molar-refractivity contribution >= 4 is 18.0 Å². The van der Waals surface area contributed by atoms with Gasteiger partial charge < -0.3 is 19.3 Å². The minimum absolute atomic E-state index is 0.0276. The molecule has 0 bridgehead atoms. The van der Waals surface area contributed by atoms with Gasteiger partial charge in [0.15, 0.2) is 11.5 Å². The van der Waals surface area contributed by atoms with E-state index >= 15 is 0 Å². The second kappa shape index (κ2) is 7.59. The fourth-order valence-corrected chi connectivity index (χ4v) is 5.14. The molecule has 170 valence electrons. The number of carbonyl (C=O) groups is 3. The van der Waals surface area contributed by atoms with E-state index in [1.165, 1.54) is 0 Å². The lowest BCUT2D eigenvalue weighted by Crippen LogP contribution is -2.40. The summed E-state index contributed by atoms with van der Waals surface area (Å²) in [4.78, 5) is 38.0. The van der Waals surface area contributed by atoms with Crippen molar-refractivity contribution in [2.45, 2.75) is 72.7 Å². The first-order valence-corrected chi connectivity index (χ1v) is 10.8. The Labute approximate surface area is 187 Å². The number of Topliss-reactive ketones (excluding diaryl/α,β-unsaturated/α-hetero) is 2. The predicted molar refractivity (Wildman–Crippen MR) is 115 cm³/mol. The maximum absolute atomic E-state index is 13.6. The molecule has 0 radical (unpaired) electrons. The molecule has 0 aromatic heterocycles. The van der Waals surface area contributed by atoms with Gasteiger partial charge in [-0.1, -0.05) is 13.8 Å². The highest BCUT2D eigenvalue weighted by molar-refractivity contribution is 6.25. The lowest BCUT2D eigenvalue weighted by Gasteiger charge is -2.42. The number of phenolic OH excluding ortho intramolecular Hbond substituents is 1. The second-order valence-corrected chi connectivity index (χ2v) is 9.03. The summed E-state index contributed by atoms with van der Waals surface area (Å²) in [5.74, 6) is -0.859. The molecule has 4 rings (SSSR count).